The molecule has 1 aromatic carbocycles. The number of nitrogens with zero attached hydrogens (tertiary/aromatic N) is 1. The fourth-order valence-electron chi connectivity index (χ4n) is 1.65. The summed E-state index contributed by atoms with van der Waals surface area (Å²) in [5.41, 5.74) is 0.00594. The van der Waals surface area contributed by atoms with Crippen LogP contribution in [-0.4, -0.2) is 15.0 Å². The minimum absolute atomic E-state index is 0.00594. The molecule has 2 rings (SSSR count). The Bertz CT molecular complexity index is 570. The Morgan fingerprint density at radius 2 is 1.94 bits per heavy atom. The number of halogens is 1. The smallest absolute Gasteiger partial charge is 0.261 e. The highest BCUT2D eigenvalue weighted by atomic mass is 35.7. The van der Waals surface area contributed by atoms with E-state index < -0.39 is 9.05 Å². The molecule has 1 aromatic rings. The van der Waals surface area contributed by atoms with E-state index in [0.29, 0.717) is 18.8 Å². The Labute approximate surface area is 111 Å². The SMILES string of the molecule is N#CCC1(COc2ccc(S(=O)(=O)Cl)cc2)CC1. The van der Waals surface area contributed by atoms with Crippen LogP contribution in [0.4, 0.5) is 0 Å². The molecule has 0 N–H and O–H groups in total. The van der Waals surface area contributed by atoms with Crippen molar-refractivity contribution in [2.45, 2.75) is 24.2 Å². The first-order chi connectivity index (χ1) is 8.45. The summed E-state index contributed by atoms with van der Waals surface area (Å²) in [7, 11) is 1.52. The van der Waals surface area contributed by atoms with Gasteiger partial charge in [0.1, 0.15) is 5.75 Å². The van der Waals surface area contributed by atoms with Gasteiger partial charge in [-0.25, -0.2) is 8.42 Å². The van der Waals surface area contributed by atoms with Crippen LogP contribution in [-0.2, 0) is 9.05 Å². The van der Waals surface area contributed by atoms with Crippen molar-refractivity contribution in [3.8, 4) is 11.8 Å². The molecule has 0 saturated heterocycles. The van der Waals surface area contributed by atoms with Gasteiger partial charge in [0.15, 0.2) is 0 Å². The van der Waals surface area contributed by atoms with Crippen LogP contribution in [0.2, 0.25) is 0 Å². The minimum Gasteiger partial charge on any atom is -0.493 e. The molecule has 0 aromatic heterocycles. The summed E-state index contributed by atoms with van der Waals surface area (Å²) in [4.78, 5) is 0.0506. The predicted molar refractivity (Wildman–Crippen MR) is 66.9 cm³/mol. The van der Waals surface area contributed by atoms with Gasteiger partial charge in [-0.1, -0.05) is 0 Å². The van der Waals surface area contributed by atoms with Crippen LogP contribution in [0.15, 0.2) is 29.2 Å². The number of hydrogen-bond acceptors (Lipinski definition) is 4. The number of nitriles is 1. The van der Waals surface area contributed by atoms with Gasteiger partial charge in [0.25, 0.3) is 9.05 Å². The first-order valence-electron chi connectivity index (χ1n) is 5.50. The van der Waals surface area contributed by atoms with Crippen molar-refractivity contribution in [3.63, 3.8) is 0 Å². The molecule has 1 saturated carbocycles. The number of rotatable bonds is 5. The number of hydrogen-bond donors (Lipinski definition) is 0. The molecule has 1 aliphatic rings. The summed E-state index contributed by atoms with van der Waals surface area (Å²) in [5.74, 6) is 0.586. The topological polar surface area (TPSA) is 67.2 Å². The van der Waals surface area contributed by atoms with Crippen molar-refractivity contribution in [2.75, 3.05) is 6.61 Å². The van der Waals surface area contributed by atoms with Crippen molar-refractivity contribution >= 4 is 19.7 Å². The van der Waals surface area contributed by atoms with Gasteiger partial charge in [-0.3, -0.25) is 0 Å². The minimum atomic E-state index is -3.69. The fraction of sp³-hybridized carbons (Fsp3) is 0.417. The lowest BCUT2D eigenvalue weighted by atomic mass is 10.1. The molecule has 1 fully saturated rings. The Kier molecular flexibility index (Phi) is 3.51. The quantitative estimate of drug-likeness (QED) is 0.780. The molecule has 0 heterocycles. The third-order valence-corrected chi connectivity index (χ3v) is 4.43. The van der Waals surface area contributed by atoms with Gasteiger partial charge in [0.05, 0.1) is 17.6 Å². The lowest BCUT2D eigenvalue weighted by Gasteiger charge is -2.12. The highest BCUT2D eigenvalue weighted by molar-refractivity contribution is 8.13. The van der Waals surface area contributed by atoms with Crippen LogP contribution in [0, 0.1) is 16.7 Å². The summed E-state index contributed by atoms with van der Waals surface area (Å²) in [6.45, 7) is 0.494. The third kappa shape index (κ3) is 3.15. The van der Waals surface area contributed by atoms with Gasteiger partial charge in [-0.05, 0) is 37.1 Å². The van der Waals surface area contributed by atoms with E-state index in [4.69, 9.17) is 20.7 Å². The van der Waals surface area contributed by atoms with Gasteiger partial charge in [0, 0.05) is 22.5 Å². The summed E-state index contributed by atoms with van der Waals surface area (Å²) in [5, 5.41) is 8.68. The predicted octanol–water partition coefficient (Wildman–Crippen LogP) is 2.69. The van der Waals surface area contributed by atoms with Crippen molar-refractivity contribution in [1.82, 2.24) is 0 Å². The molecular weight excluding hydrogens is 274 g/mol. The largest absolute Gasteiger partial charge is 0.493 e. The zero-order valence-corrected chi connectivity index (χ0v) is 11.2. The summed E-state index contributed by atoms with van der Waals surface area (Å²) in [6, 6.07) is 8.10. The first-order valence-corrected chi connectivity index (χ1v) is 7.81. The normalized spacial score (nSPS) is 16.9. The molecule has 4 nitrogen and oxygen atoms in total. The molecule has 0 unspecified atom stereocenters. The molecule has 0 amide bonds. The van der Waals surface area contributed by atoms with E-state index >= 15 is 0 Å². The number of benzene rings is 1. The maximum absolute atomic E-state index is 11.0. The zero-order chi connectivity index (χ0) is 13.2. The second-order valence-corrected chi connectivity index (χ2v) is 7.10. The summed E-state index contributed by atoms with van der Waals surface area (Å²) >= 11 is 0. The average molecular weight is 286 g/mol. The van der Waals surface area contributed by atoms with Crippen molar-refractivity contribution in [2.24, 2.45) is 5.41 Å². The van der Waals surface area contributed by atoms with Crippen LogP contribution < -0.4 is 4.74 Å². The molecule has 18 heavy (non-hydrogen) atoms. The van der Waals surface area contributed by atoms with Crippen LogP contribution in [0.5, 0.6) is 5.75 Å². The lowest BCUT2D eigenvalue weighted by Crippen LogP contribution is -2.12. The second kappa shape index (κ2) is 4.79. The van der Waals surface area contributed by atoms with Gasteiger partial charge in [-0.15, -0.1) is 0 Å². The number of ether oxygens (including phenoxy) is 1. The van der Waals surface area contributed by atoms with E-state index in [-0.39, 0.29) is 10.3 Å². The molecule has 0 atom stereocenters. The Morgan fingerprint density at radius 3 is 2.39 bits per heavy atom. The van der Waals surface area contributed by atoms with Crippen LogP contribution in [0.1, 0.15) is 19.3 Å². The first kappa shape index (κ1) is 13.2. The van der Waals surface area contributed by atoms with E-state index in [0.717, 1.165) is 12.8 Å². The third-order valence-electron chi connectivity index (χ3n) is 3.06. The highest BCUT2D eigenvalue weighted by Gasteiger charge is 2.43. The molecule has 0 spiro atoms. The fourth-order valence-corrected chi connectivity index (χ4v) is 2.42. The van der Waals surface area contributed by atoms with Crippen LogP contribution in [0.25, 0.3) is 0 Å². The average Bonchev–Trinajstić information content (AvgIpc) is 3.07. The van der Waals surface area contributed by atoms with Gasteiger partial charge >= 0.3 is 0 Å². The van der Waals surface area contributed by atoms with Gasteiger partial charge in [-0.2, -0.15) is 5.26 Å². The maximum atomic E-state index is 11.0. The van der Waals surface area contributed by atoms with E-state index in [1.807, 2.05) is 0 Å². The highest BCUT2D eigenvalue weighted by Crippen LogP contribution is 2.48. The second-order valence-electron chi connectivity index (χ2n) is 4.53. The van der Waals surface area contributed by atoms with Crippen molar-refractivity contribution < 1.29 is 13.2 Å². The standard InChI is InChI=1S/C12H12ClNO3S/c13-18(15,16)11-3-1-10(2-4-11)17-9-12(5-6-12)7-8-14/h1-4H,5-7,9H2. The monoisotopic (exact) mass is 285 g/mol. The van der Waals surface area contributed by atoms with E-state index in [1.165, 1.54) is 12.1 Å². The molecular formula is C12H12ClNO3S. The van der Waals surface area contributed by atoms with Gasteiger partial charge in [0.2, 0.25) is 0 Å². The Balaban J connectivity index is 1.98. The Hall–Kier alpha value is -1.25. The summed E-state index contributed by atoms with van der Waals surface area (Å²) in [6.07, 6.45) is 2.52. The maximum Gasteiger partial charge on any atom is 0.261 e. The molecule has 96 valence electrons. The van der Waals surface area contributed by atoms with Crippen LogP contribution in [0.3, 0.4) is 0 Å². The van der Waals surface area contributed by atoms with E-state index in [9.17, 15) is 8.42 Å². The molecule has 0 aliphatic heterocycles. The molecule has 0 bridgehead atoms. The molecule has 1 aliphatic carbocycles. The van der Waals surface area contributed by atoms with E-state index in [1.54, 1.807) is 12.1 Å². The van der Waals surface area contributed by atoms with Crippen LogP contribution >= 0.6 is 10.7 Å². The molecule has 6 heteroatoms. The van der Waals surface area contributed by atoms with Crippen molar-refractivity contribution in [3.05, 3.63) is 24.3 Å². The van der Waals surface area contributed by atoms with Gasteiger partial charge < -0.3 is 4.74 Å². The Morgan fingerprint density at radius 1 is 1.33 bits per heavy atom. The summed E-state index contributed by atoms with van der Waals surface area (Å²) < 4.78 is 27.7. The molecule has 0 radical (unpaired) electrons. The zero-order valence-electron chi connectivity index (χ0n) is 9.60. The lowest BCUT2D eigenvalue weighted by molar-refractivity contribution is 0.236. The van der Waals surface area contributed by atoms with Crippen molar-refractivity contribution in [1.29, 1.82) is 5.26 Å². The van der Waals surface area contributed by atoms with E-state index in [2.05, 4.69) is 6.07 Å².